The SMILES string of the molecule is C=C(CO)CCOc1cc(CCc2ccc(-c3ccc(CCCCC)cc3)cc2)cc(OCCC(=C)CO)c1. The summed E-state index contributed by atoms with van der Waals surface area (Å²) in [6.07, 6.45) is 7.91. The molecule has 0 saturated carbocycles. The molecule has 0 radical (unpaired) electrons. The molecule has 4 nitrogen and oxygen atoms in total. The first-order valence-electron chi connectivity index (χ1n) is 14.1. The fourth-order valence-electron chi connectivity index (χ4n) is 4.32. The molecule has 2 N–H and O–H groups in total. The Morgan fingerprint density at radius 2 is 1.08 bits per heavy atom. The van der Waals surface area contributed by atoms with Gasteiger partial charge in [0.15, 0.2) is 0 Å². The minimum absolute atomic E-state index is 0.0321. The highest BCUT2D eigenvalue weighted by Crippen LogP contribution is 2.26. The second-order valence-electron chi connectivity index (χ2n) is 10.2. The molecule has 0 amide bonds. The molecule has 0 unspecified atom stereocenters. The van der Waals surface area contributed by atoms with Gasteiger partial charge in [-0.3, -0.25) is 0 Å². The molecular formula is C35H44O4. The first-order chi connectivity index (χ1) is 19.0. The largest absolute Gasteiger partial charge is 0.493 e. The van der Waals surface area contributed by atoms with Crippen LogP contribution in [0.4, 0.5) is 0 Å². The summed E-state index contributed by atoms with van der Waals surface area (Å²) < 4.78 is 11.9. The van der Waals surface area contributed by atoms with Crippen molar-refractivity contribution in [2.75, 3.05) is 26.4 Å². The average Bonchev–Trinajstić information content (AvgIpc) is 2.96. The Morgan fingerprint density at radius 3 is 1.54 bits per heavy atom. The summed E-state index contributed by atoms with van der Waals surface area (Å²) in [7, 11) is 0. The van der Waals surface area contributed by atoms with Gasteiger partial charge in [-0.15, -0.1) is 0 Å². The van der Waals surface area contributed by atoms with E-state index in [1.165, 1.54) is 41.5 Å². The molecule has 0 spiro atoms. The van der Waals surface area contributed by atoms with Crippen LogP contribution in [0, 0.1) is 0 Å². The molecule has 3 aromatic carbocycles. The lowest BCUT2D eigenvalue weighted by Crippen LogP contribution is -2.04. The number of benzene rings is 3. The zero-order valence-electron chi connectivity index (χ0n) is 23.5. The van der Waals surface area contributed by atoms with E-state index in [0.717, 1.165) is 47.5 Å². The van der Waals surface area contributed by atoms with Gasteiger partial charge in [0.1, 0.15) is 11.5 Å². The summed E-state index contributed by atoms with van der Waals surface area (Å²) >= 11 is 0. The minimum Gasteiger partial charge on any atom is -0.493 e. The van der Waals surface area contributed by atoms with Crippen LogP contribution in [0.1, 0.15) is 55.7 Å². The quantitative estimate of drug-likeness (QED) is 0.133. The number of aliphatic hydroxyl groups excluding tert-OH is 2. The average molecular weight is 529 g/mol. The van der Waals surface area contributed by atoms with Crippen molar-refractivity contribution in [3.8, 4) is 22.6 Å². The second-order valence-corrected chi connectivity index (χ2v) is 10.2. The van der Waals surface area contributed by atoms with Crippen molar-refractivity contribution in [3.05, 3.63) is 108 Å². The first kappa shape index (κ1) is 30.2. The van der Waals surface area contributed by atoms with Gasteiger partial charge in [0.2, 0.25) is 0 Å². The van der Waals surface area contributed by atoms with Crippen LogP contribution in [0.25, 0.3) is 11.1 Å². The van der Waals surface area contributed by atoms with Gasteiger partial charge in [-0.2, -0.15) is 0 Å². The summed E-state index contributed by atoms with van der Waals surface area (Å²) in [4.78, 5) is 0. The number of hydrogen-bond donors (Lipinski definition) is 2. The van der Waals surface area contributed by atoms with Crippen molar-refractivity contribution in [1.82, 2.24) is 0 Å². The van der Waals surface area contributed by atoms with Crippen LogP contribution in [0.3, 0.4) is 0 Å². The minimum atomic E-state index is -0.0321. The Balaban J connectivity index is 1.61. The lowest BCUT2D eigenvalue weighted by molar-refractivity contribution is 0.284. The smallest absolute Gasteiger partial charge is 0.123 e. The van der Waals surface area contributed by atoms with Crippen LogP contribution in [0.5, 0.6) is 11.5 Å². The van der Waals surface area contributed by atoms with E-state index in [-0.39, 0.29) is 13.2 Å². The Kier molecular flexibility index (Phi) is 12.8. The molecule has 0 bridgehead atoms. The lowest BCUT2D eigenvalue weighted by atomic mass is 9.98. The van der Waals surface area contributed by atoms with Crippen molar-refractivity contribution in [2.24, 2.45) is 0 Å². The number of hydrogen-bond acceptors (Lipinski definition) is 4. The molecule has 4 heteroatoms. The third-order valence-corrected chi connectivity index (χ3v) is 6.85. The van der Waals surface area contributed by atoms with Gasteiger partial charge < -0.3 is 19.7 Å². The lowest BCUT2D eigenvalue weighted by Gasteiger charge is -2.13. The summed E-state index contributed by atoms with van der Waals surface area (Å²) in [6.45, 7) is 10.7. The molecule has 3 rings (SSSR count). The van der Waals surface area contributed by atoms with Gasteiger partial charge in [-0.1, -0.05) is 81.5 Å². The van der Waals surface area contributed by atoms with E-state index in [1.54, 1.807) is 0 Å². The van der Waals surface area contributed by atoms with Crippen LogP contribution in [0.15, 0.2) is 91.0 Å². The molecule has 0 heterocycles. The molecule has 0 aromatic heterocycles. The molecule has 0 aliphatic heterocycles. The third-order valence-electron chi connectivity index (χ3n) is 6.85. The number of unbranched alkanes of at least 4 members (excludes halogenated alkanes) is 2. The number of aryl methyl sites for hydroxylation is 3. The fraction of sp³-hybridized carbons (Fsp3) is 0.371. The van der Waals surface area contributed by atoms with E-state index >= 15 is 0 Å². The maximum absolute atomic E-state index is 9.19. The maximum Gasteiger partial charge on any atom is 0.123 e. The first-order valence-corrected chi connectivity index (χ1v) is 14.1. The Morgan fingerprint density at radius 1 is 0.615 bits per heavy atom. The van der Waals surface area contributed by atoms with Gasteiger partial charge in [-0.25, -0.2) is 0 Å². The third kappa shape index (κ3) is 10.7. The van der Waals surface area contributed by atoms with Crippen molar-refractivity contribution < 1.29 is 19.7 Å². The summed E-state index contributed by atoms with van der Waals surface area (Å²) in [5.74, 6) is 1.48. The van der Waals surface area contributed by atoms with Crippen molar-refractivity contribution in [1.29, 1.82) is 0 Å². The van der Waals surface area contributed by atoms with Gasteiger partial charge in [0.05, 0.1) is 26.4 Å². The predicted molar refractivity (Wildman–Crippen MR) is 162 cm³/mol. The van der Waals surface area contributed by atoms with Crippen LogP contribution >= 0.6 is 0 Å². The molecular weight excluding hydrogens is 484 g/mol. The van der Waals surface area contributed by atoms with Crippen LogP contribution in [-0.2, 0) is 19.3 Å². The van der Waals surface area contributed by atoms with E-state index in [1.807, 2.05) is 6.07 Å². The molecule has 3 aromatic rings. The highest BCUT2D eigenvalue weighted by molar-refractivity contribution is 5.64. The highest BCUT2D eigenvalue weighted by atomic mass is 16.5. The topological polar surface area (TPSA) is 58.9 Å². The molecule has 0 atom stereocenters. The standard InChI is InChI=1S/C35H44O4/c1-4-5-6-7-29-10-14-32(15-11-29)33-16-12-30(13-17-33)8-9-31-22-34(38-20-18-27(2)25-36)24-35(23-31)39-21-19-28(3)26-37/h10-17,22-24,36-37H,2-9,18-21,25-26H2,1H3. The monoisotopic (exact) mass is 528 g/mol. The van der Waals surface area contributed by atoms with Gasteiger partial charge in [-0.05, 0) is 76.8 Å². The van der Waals surface area contributed by atoms with E-state index < -0.39 is 0 Å². The van der Waals surface area contributed by atoms with E-state index in [9.17, 15) is 10.2 Å². The van der Waals surface area contributed by atoms with E-state index in [0.29, 0.717) is 26.1 Å². The van der Waals surface area contributed by atoms with E-state index in [4.69, 9.17) is 9.47 Å². The summed E-state index contributed by atoms with van der Waals surface area (Å²) in [6, 6.07) is 23.8. The zero-order valence-corrected chi connectivity index (χ0v) is 23.5. The zero-order chi connectivity index (χ0) is 27.9. The van der Waals surface area contributed by atoms with Crippen molar-refractivity contribution in [2.45, 2.75) is 58.3 Å². The predicted octanol–water partition coefficient (Wildman–Crippen LogP) is 7.51. The number of aliphatic hydroxyl groups is 2. The number of rotatable bonds is 18. The van der Waals surface area contributed by atoms with Crippen molar-refractivity contribution >= 4 is 0 Å². The Labute approximate surface area is 234 Å². The van der Waals surface area contributed by atoms with Gasteiger partial charge >= 0.3 is 0 Å². The van der Waals surface area contributed by atoms with Gasteiger partial charge in [0.25, 0.3) is 0 Å². The van der Waals surface area contributed by atoms with Gasteiger partial charge in [0, 0.05) is 18.9 Å². The molecule has 208 valence electrons. The van der Waals surface area contributed by atoms with Crippen LogP contribution in [-0.4, -0.2) is 36.6 Å². The molecule has 0 aliphatic carbocycles. The van der Waals surface area contributed by atoms with Crippen LogP contribution < -0.4 is 9.47 Å². The Hall–Kier alpha value is -3.34. The second kappa shape index (κ2) is 16.6. The van der Waals surface area contributed by atoms with Crippen LogP contribution in [0.2, 0.25) is 0 Å². The molecule has 0 fully saturated rings. The Bertz CT molecular complexity index is 1120. The molecule has 39 heavy (non-hydrogen) atoms. The summed E-state index contributed by atoms with van der Waals surface area (Å²) in [5, 5.41) is 18.4. The summed E-state index contributed by atoms with van der Waals surface area (Å²) in [5.41, 5.74) is 7.80. The number of ether oxygens (including phenoxy) is 2. The van der Waals surface area contributed by atoms with Crippen molar-refractivity contribution in [3.63, 3.8) is 0 Å². The molecule has 0 saturated heterocycles. The highest BCUT2D eigenvalue weighted by Gasteiger charge is 2.07. The maximum atomic E-state index is 9.19. The fourth-order valence-corrected chi connectivity index (χ4v) is 4.32. The normalized spacial score (nSPS) is 10.8. The molecule has 0 aliphatic rings. The van der Waals surface area contributed by atoms with E-state index in [2.05, 4.69) is 80.7 Å².